The fraction of sp³-hybridized carbons (Fsp3) is 0.500. The lowest BCUT2D eigenvalue weighted by atomic mass is 9.95. The second-order valence-corrected chi connectivity index (χ2v) is 6.18. The number of fused-ring (bicyclic) bond motifs is 1. The van der Waals surface area contributed by atoms with Gasteiger partial charge in [-0.1, -0.05) is 18.9 Å². The summed E-state index contributed by atoms with van der Waals surface area (Å²) in [6, 6.07) is 5.27. The molecule has 0 aliphatic heterocycles. The number of para-hydroxylation sites is 1. The first-order valence-electron chi connectivity index (χ1n) is 7.38. The van der Waals surface area contributed by atoms with Crippen molar-refractivity contribution >= 4 is 17.0 Å². The van der Waals surface area contributed by atoms with E-state index in [1.54, 1.807) is 18.5 Å². The van der Waals surface area contributed by atoms with Gasteiger partial charge in [0.15, 0.2) is 0 Å². The molecule has 1 aliphatic carbocycles. The quantitative estimate of drug-likeness (QED) is 0.939. The van der Waals surface area contributed by atoms with Crippen molar-refractivity contribution in [1.29, 1.82) is 0 Å². The Labute approximate surface area is 124 Å². The van der Waals surface area contributed by atoms with E-state index in [-0.39, 0.29) is 5.54 Å². The molecule has 0 amide bonds. The van der Waals surface area contributed by atoms with Crippen molar-refractivity contribution in [2.45, 2.75) is 37.8 Å². The Bertz CT molecular complexity index is 669. The Kier molecular flexibility index (Phi) is 3.45. The highest BCUT2D eigenvalue weighted by atomic mass is 16.4. The molecule has 0 spiro atoms. The smallest absolute Gasteiger partial charge is 0.337 e. The van der Waals surface area contributed by atoms with Gasteiger partial charge in [0.25, 0.3) is 0 Å². The number of imidazole rings is 1. The van der Waals surface area contributed by atoms with Gasteiger partial charge in [-0.25, -0.2) is 9.78 Å². The summed E-state index contributed by atoms with van der Waals surface area (Å²) in [6.45, 7) is 0.792. The van der Waals surface area contributed by atoms with Gasteiger partial charge in [0.2, 0.25) is 0 Å². The van der Waals surface area contributed by atoms with E-state index >= 15 is 0 Å². The lowest BCUT2D eigenvalue weighted by molar-refractivity contribution is 0.0698. The van der Waals surface area contributed by atoms with Crippen LogP contribution in [0.15, 0.2) is 24.5 Å². The third-order valence-corrected chi connectivity index (χ3v) is 4.82. The van der Waals surface area contributed by atoms with Crippen molar-refractivity contribution in [2.75, 3.05) is 14.1 Å². The van der Waals surface area contributed by atoms with Crippen LogP contribution >= 0.6 is 0 Å². The highest BCUT2D eigenvalue weighted by molar-refractivity contribution is 6.01. The zero-order valence-electron chi connectivity index (χ0n) is 12.5. The van der Waals surface area contributed by atoms with Crippen LogP contribution in [-0.2, 0) is 6.54 Å². The number of carboxylic acid groups (broad SMARTS) is 1. The molecule has 0 radical (unpaired) electrons. The number of aromatic carboxylic acids is 1. The molecule has 21 heavy (non-hydrogen) atoms. The second-order valence-electron chi connectivity index (χ2n) is 6.18. The van der Waals surface area contributed by atoms with Crippen molar-refractivity contribution in [1.82, 2.24) is 14.5 Å². The molecule has 5 nitrogen and oxygen atoms in total. The minimum absolute atomic E-state index is 0.110. The van der Waals surface area contributed by atoms with Crippen LogP contribution in [0.2, 0.25) is 0 Å². The van der Waals surface area contributed by atoms with E-state index in [4.69, 9.17) is 0 Å². The molecule has 1 saturated carbocycles. The third-order valence-electron chi connectivity index (χ3n) is 4.82. The zero-order chi connectivity index (χ0) is 15.0. The summed E-state index contributed by atoms with van der Waals surface area (Å²) < 4.78 is 2.02. The number of carbonyl (C=O) groups is 1. The number of hydrogen-bond acceptors (Lipinski definition) is 3. The molecular formula is C16H21N3O2. The number of likely N-dealkylation sites (N-methyl/N-ethyl adjacent to an activating group) is 1. The fourth-order valence-electron chi connectivity index (χ4n) is 3.52. The number of benzene rings is 1. The summed E-state index contributed by atoms with van der Waals surface area (Å²) in [5.41, 5.74) is 1.93. The van der Waals surface area contributed by atoms with Crippen molar-refractivity contribution in [3.63, 3.8) is 0 Å². The molecule has 1 aliphatic rings. The molecule has 2 aromatic rings. The van der Waals surface area contributed by atoms with E-state index in [2.05, 4.69) is 24.0 Å². The summed E-state index contributed by atoms with van der Waals surface area (Å²) in [6.07, 6.45) is 6.54. The Morgan fingerprint density at radius 3 is 2.71 bits per heavy atom. The Hall–Kier alpha value is -1.88. The van der Waals surface area contributed by atoms with Crippen LogP contribution in [-0.4, -0.2) is 45.2 Å². The van der Waals surface area contributed by atoms with Gasteiger partial charge < -0.3 is 14.6 Å². The molecular weight excluding hydrogens is 266 g/mol. The maximum absolute atomic E-state index is 11.5. The summed E-state index contributed by atoms with van der Waals surface area (Å²) in [5, 5.41) is 9.41. The van der Waals surface area contributed by atoms with Gasteiger partial charge in [-0.15, -0.1) is 0 Å². The van der Waals surface area contributed by atoms with Gasteiger partial charge in [-0.05, 0) is 39.1 Å². The monoisotopic (exact) mass is 287 g/mol. The highest BCUT2D eigenvalue weighted by Gasteiger charge is 2.36. The van der Waals surface area contributed by atoms with E-state index < -0.39 is 5.97 Å². The average molecular weight is 287 g/mol. The lowest BCUT2D eigenvalue weighted by Gasteiger charge is -2.36. The van der Waals surface area contributed by atoms with Crippen molar-refractivity contribution < 1.29 is 9.90 Å². The number of rotatable bonds is 4. The number of hydrogen-bond donors (Lipinski definition) is 1. The second kappa shape index (κ2) is 5.15. The van der Waals surface area contributed by atoms with Crippen LogP contribution in [0.1, 0.15) is 36.0 Å². The van der Waals surface area contributed by atoms with Crippen LogP contribution in [0.3, 0.4) is 0 Å². The summed E-state index contributed by atoms with van der Waals surface area (Å²) in [7, 11) is 4.23. The number of aromatic nitrogens is 2. The summed E-state index contributed by atoms with van der Waals surface area (Å²) >= 11 is 0. The average Bonchev–Trinajstić information content (AvgIpc) is 3.07. The molecule has 1 fully saturated rings. The first-order chi connectivity index (χ1) is 10.0. The van der Waals surface area contributed by atoms with E-state index in [0.717, 1.165) is 30.4 Å². The topological polar surface area (TPSA) is 58.4 Å². The molecule has 0 saturated heterocycles. The Morgan fingerprint density at radius 2 is 2.10 bits per heavy atom. The molecule has 5 heteroatoms. The number of carboxylic acids is 1. The van der Waals surface area contributed by atoms with Crippen LogP contribution < -0.4 is 0 Å². The predicted octanol–water partition coefficient (Wildman–Crippen LogP) is 2.61. The largest absolute Gasteiger partial charge is 0.478 e. The first-order valence-corrected chi connectivity index (χ1v) is 7.38. The maximum Gasteiger partial charge on any atom is 0.337 e. The Morgan fingerprint density at radius 1 is 1.38 bits per heavy atom. The van der Waals surface area contributed by atoms with Crippen molar-refractivity contribution in [3.8, 4) is 0 Å². The van der Waals surface area contributed by atoms with Gasteiger partial charge in [0, 0.05) is 12.1 Å². The standard InChI is InChI=1S/C16H21N3O2/c1-18(2)16(8-3-4-9-16)10-19-11-17-13-7-5-6-12(14(13)19)15(20)21/h5-7,11H,3-4,8-10H2,1-2H3,(H,20,21). The van der Waals surface area contributed by atoms with Gasteiger partial charge in [-0.2, -0.15) is 0 Å². The Balaban J connectivity index is 2.07. The highest BCUT2D eigenvalue weighted by Crippen LogP contribution is 2.36. The van der Waals surface area contributed by atoms with Crippen LogP contribution in [0.4, 0.5) is 0 Å². The summed E-state index contributed by atoms with van der Waals surface area (Å²) in [5.74, 6) is -0.896. The van der Waals surface area contributed by atoms with Gasteiger partial charge in [0.1, 0.15) is 0 Å². The first kappa shape index (κ1) is 14.1. The molecule has 0 bridgehead atoms. The van der Waals surface area contributed by atoms with Crippen LogP contribution in [0.25, 0.3) is 11.0 Å². The molecule has 1 heterocycles. The molecule has 3 rings (SSSR count). The zero-order valence-corrected chi connectivity index (χ0v) is 12.5. The van der Waals surface area contributed by atoms with Crippen LogP contribution in [0, 0.1) is 0 Å². The minimum Gasteiger partial charge on any atom is -0.478 e. The van der Waals surface area contributed by atoms with E-state index in [1.165, 1.54) is 12.8 Å². The van der Waals surface area contributed by atoms with Gasteiger partial charge in [0.05, 0.1) is 22.9 Å². The fourth-order valence-corrected chi connectivity index (χ4v) is 3.52. The molecule has 1 aromatic carbocycles. The lowest BCUT2D eigenvalue weighted by Crippen LogP contribution is -2.45. The molecule has 0 atom stereocenters. The van der Waals surface area contributed by atoms with Gasteiger partial charge in [-0.3, -0.25) is 0 Å². The normalized spacial score (nSPS) is 17.7. The third kappa shape index (κ3) is 2.31. The van der Waals surface area contributed by atoms with Crippen molar-refractivity contribution in [3.05, 3.63) is 30.1 Å². The SMILES string of the molecule is CN(C)C1(Cn2cnc3cccc(C(=O)O)c32)CCCC1. The van der Waals surface area contributed by atoms with E-state index in [9.17, 15) is 9.90 Å². The number of nitrogens with zero attached hydrogens (tertiary/aromatic N) is 3. The molecule has 0 unspecified atom stereocenters. The van der Waals surface area contributed by atoms with Gasteiger partial charge >= 0.3 is 5.97 Å². The van der Waals surface area contributed by atoms with E-state index in [0.29, 0.717) is 5.56 Å². The summed E-state index contributed by atoms with van der Waals surface area (Å²) in [4.78, 5) is 18.1. The molecule has 112 valence electrons. The molecule has 1 N–H and O–H groups in total. The molecule has 1 aromatic heterocycles. The predicted molar refractivity (Wildman–Crippen MR) is 81.6 cm³/mol. The maximum atomic E-state index is 11.5. The van der Waals surface area contributed by atoms with Crippen molar-refractivity contribution in [2.24, 2.45) is 0 Å². The van der Waals surface area contributed by atoms with E-state index in [1.807, 2.05) is 10.6 Å². The van der Waals surface area contributed by atoms with Crippen LogP contribution in [0.5, 0.6) is 0 Å². The minimum atomic E-state index is -0.896.